The maximum atomic E-state index is 9.44. The van der Waals surface area contributed by atoms with Crippen LogP contribution in [0.5, 0.6) is 0 Å². The monoisotopic (exact) mass is 260 g/mol. The van der Waals surface area contributed by atoms with Crippen LogP contribution in [0.1, 0.15) is 45.1 Å². The summed E-state index contributed by atoms with van der Waals surface area (Å²) in [6.07, 6.45) is 8.90. The second-order valence-corrected chi connectivity index (χ2v) is 5.26. The van der Waals surface area contributed by atoms with Crippen molar-refractivity contribution in [3.63, 3.8) is 0 Å². The van der Waals surface area contributed by atoms with Gasteiger partial charge in [-0.05, 0) is 24.5 Å². The van der Waals surface area contributed by atoms with Gasteiger partial charge >= 0.3 is 0 Å². The predicted molar refractivity (Wildman–Crippen MR) is 79.0 cm³/mol. The van der Waals surface area contributed by atoms with Crippen LogP contribution in [0.15, 0.2) is 24.5 Å². The van der Waals surface area contributed by atoms with Gasteiger partial charge in [-0.3, -0.25) is 0 Å². The van der Waals surface area contributed by atoms with Gasteiger partial charge < -0.3 is 9.67 Å². The second-order valence-electron chi connectivity index (χ2n) is 5.26. The van der Waals surface area contributed by atoms with E-state index in [1.54, 1.807) is 0 Å². The summed E-state index contributed by atoms with van der Waals surface area (Å²) in [5, 5.41) is 10.5. The van der Waals surface area contributed by atoms with Crippen LogP contribution < -0.4 is 0 Å². The van der Waals surface area contributed by atoms with E-state index < -0.39 is 0 Å². The molecule has 1 atom stereocenters. The summed E-state index contributed by atoms with van der Waals surface area (Å²) in [5.41, 5.74) is 1.98. The quantitative estimate of drug-likeness (QED) is 0.823. The van der Waals surface area contributed by atoms with Gasteiger partial charge in [0.15, 0.2) is 0 Å². The van der Waals surface area contributed by atoms with E-state index in [2.05, 4.69) is 29.6 Å². The van der Waals surface area contributed by atoms with E-state index >= 15 is 0 Å². The third kappa shape index (κ3) is 3.16. The Bertz CT molecular complexity index is 518. The highest BCUT2D eigenvalue weighted by molar-refractivity contribution is 5.80. The average Bonchev–Trinajstić information content (AvgIpc) is 2.81. The van der Waals surface area contributed by atoms with Crippen molar-refractivity contribution in [1.29, 1.82) is 0 Å². The molecule has 0 aliphatic carbocycles. The van der Waals surface area contributed by atoms with Crippen LogP contribution in [0.25, 0.3) is 11.0 Å². The Morgan fingerprint density at radius 2 is 2.21 bits per heavy atom. The molecule has 0 aliphatic heterocycles. The van der Waals surface area contributed by atoms with Crippen LogP contribution >= 0.6 is 0 Å². The first-order valence-corrected chi connectivity index (χ1v) is 7.33. The fourth-order valence-electron chi connectivity index (χ4n) is 2.66. The van der Waals surface area contributed by atoms with Crippen LogP contribution in [0.3, 0.4) is 0 Å². The molecule has 0 aliphatic rings. The van der Waals surface area contributed by atoms with E-state index in [1.165, 1.54) is 25.7 Å². The molecule has 0 fully saturated rings. The Morgan fingerprint density at radius 1 is 1.37 bits per heavy atom. The molecule has 2 aromatic rings. The molecule has 3 heteroatoms. The van der Waals surface area contributed by atoms with Gasteiger partial charge in [-0.1, -0.05) is 33.1 Å². The minimum atomic E-state index is 0.0843. The molecule has 0 saturated carbocycles. The molecule has 19 heavy (non-hydrogen) atoms. The van der Waals surface area contributed by atoms with Gasteiger partial charge in [0.2, 0.25) is 0 Å². The van der Waals surface area contributed by atoms with E-state index in [-0.39, 0.29) is 6.61 Å². The fraction of sp³-hybridized carbons (Fsp3) is 0.562. The highest BCUT2D eigenvalue weighted by Crippen LogP contribution is 2.23. The maximum Gasteiger partial charge on any atom is 0.140 e. The lowest BCUT2D eigenvalue weighted by Crippen LogP contribution is -2.09. The number of unbranched alkanes of at least 4 members (excludes halogenated alkanes) is 1. The topological polar surface area (TPSA) is 38.0 Å². The molecule has 1 N–H and O–H groups in total. The molecular weight excluding hydrogens is 236 g/mol. The van der Waals surface area contributed by atoms with Gasteiger partial charge in [0.25, 0.3) is 0 Å². The lowest BCUT2D eigenvalue weighted by Gasteiger charge is -2.15. The van der Waals surface area contributed by atoms with Crippen molar-refractivity contribution in [2.24, 2.45) is 5.92 Å². The highest BCUT2D eigenvalue weighted by Gasteiger charge is 2.12. The summed E-state index contributed by atoms with van der Waals surface area (Å²) in [4.78, 5) is 4.47. The van der Waals surface area contributed by atoms with Crippen LogP contribution in [-0.4, -0.2) is 14.7 Å². The van der Waals surface area contributed by atoms with Crippen molar-refractivity contribution in [3.05, 3.63) is 30.1 Å². The van der Waals surface area contributed by atoms with E-state index in [1.807, 2.05) is 18.3 Å². The number of aliphatic hydroxyl groups excluding tert-OH is 1. The molecule has 2 rings (SSSR count). The molecule has 0 radical (unpaired) electrons. The first-order chi connectivity index (χ1) is 9.30. The predicted octanol–water partition coefficient (Wildman–Crippen LogP) is 3.75. The fourth-order valence-corrected chi connectivity index (χ4v) is 2.66. The van der Waals surface area contributed by atoms with E-state index in [9.17, 15) is 5.11 Å². The average molecular weight is 260 g/mol. The second kappa shape index (κ2) is 6.71. The molecule has 2 aromatic heterocycles. The van der Waals surface area contributed by atoms with Crippen molar-refractivity contribution >= 4 is 11.0 Å². The Hall–Kier alpha value is -1.35. The van der Waals surface area contributed by atoms with Gasteiger partial charge in [-0.2, -0.15) is 0 Å². The van der Waals surface area contributed by atoms with Crippen LogP contribution in [0, 0.1) is 5.92 Å². The van der Waals surface area contributed by atoms with E-state index in [0.717, 1.165) is 23.1 Å². The zero-order chi connectivity index (χ0) is 13.7. The van der Waals surface area contributed by atoms with Gasteiger partial charge in [-0.15, -0.1) is 0 Å². The highest BCUT2D eigenvalue weighted by atomic mass is 16.3. The van der Waals surface area contributed by atoms with Crippen LogP contribution in [0.2, 0.25) is 0 Å². The number of rotatable bonds is 7. The standard InChI is InChI=1S/C16H24N2O/c1-3-5-7-13(4-2)10-18-11-14(12-19)15-8-6-9-17-16(15)18/h6,8-9,11,13,19H,3-5,7,10,12H2,1-2H3. The minimum absolute atomic E-state index is 0.0843. The summed E-state index contributed by atoms with van der Waals surface area (Å²) < 4.78 is 2.21. The minimum Gasteiger partial charge on any atom is -0.392 e. The molecule has 0 amide bonds. The summed E-state index contributed by atoms with van der Waals surface area (Å²) in [6.45, 7) is 5.58. The molecule has 0 saturated heterocycles. The third-order valence-corrected chi connectivity index (χ3v) is 3.88. The zero-order valence-electron chi connectivity index (χ0n) is 12.0. The van der Waals surface area contributed by atoms with Gasteiger partial charge in [0.05, 0.1) is 6.61 Å². The lowest BCUT2D eigenvalue weighted by atomic mass is 9.99. The molecule has 0 bridgehead atoms. The number of hydrogen-bond donors (Lipinski definition) is 1. The van der Waals surface area contributed by atoms with Crippen molar-refractivity contribution in [2.45, 2.75) is 52.7 Å². The summed E-state index contributed by atoms with van der Waals surface area (Å²) in [6, 6.07) is 3.97. The first kappa shape index (κ1) is 14.1. The van der Waals surface area contributed by atoms with Crippen LogP contribution in [0.4, 0.5) is 0 Å². The van der Waals surface area contributed by atoms with Crippen molar-refractivity contribution < 1.29 is 5.11 Å². The molecule has 1 unspecified atom stereocenters. The zero-order valence-corrected chi connectivity index (χ0v) is 12.0. The number of hydrogen-bond acceptors (Lipinski definition) is 2. The molecule has 2 heterocycles. The van der Waals surface area contributed by atoms with Gasteiger partial charge in [0, 0.05) is 29.9 Å². The van der Waals surface area contributed by atoms with E-state index in [4.69, 9.17) is 0 Å². The molecule has 0 aromatic carbocycles. The van der Waals surface area contributed by atoms with Crippen LogP contribution in [-0.2, 0) is 13.2 Å². The third-order valence-electron chi connectivity index (χ3n) is 3.88. The largest absolute Gasteiger partial charge is 0.392 e. The Balaban J connectivity index is 2.24. The number of nitrogens with zero attached hydrogens (tertiary/aromatic N) is 2. The first-order valence-electron chi connectivity index (χ1n) is 7.33. The Labute approximate surface area is 115 Å². The number of pyridine rings is 1. The summed E-state index contributed by atoms with van der Waals surface area (Å²) >= 11 is 0. The Kier molecular flexibility index (Phi) is 4.97. The number of aromatic nitrogens is 2. The molecular formula is C16H24N2O. The maximum absolute atomic E-state index is 9.44. The Morgan fingerprint density at radius 3 is 2.89 bits per heavy atom. The van der Waals surface area contributed by atoms with Crippen molar-refractivity contribution in [3.8, 4) is 0 Å². The van der Waals surface area contributed by atoms with Crippen molar-refractivity contribution in [1.82, 2.24) is 9.55 Å². The van der Waals surface area contributed by atoms with Gasteiger partial charge in [0.1, 0.15) is 5.65 Å². The summed E-state index contributed by atoms with van der Waals surface area (Å²) in [7, 11) is 0. The summed E-state index contributed by atoms with van der Waals surface area (Å²) in [5.74, 6) is 0.698. The lowest BCUT2D eigenvalue weighted by molar-refractivity contribution is 0.282. The van der Waals surface area contributed by atoms with E-state index in [0.29, 0.717) is 5.92 Å². The van der Waals surface area contributed by atoms with Gasteiger partial charge in [-0.25, -0.2) is 4.98 Å². The number of aliphatic hydroxyl groups is 1. The molecule has 3 nitrogen and oxygen atoms in total. The van der Waals surface area contributed by atoms with Crippen molar-refractivity contribution in [2.75, 3.05) is 0 Å². The normalized spacial score (nSPS) is 13.0. The SMILES string of the molecule is CCCCC(CC)Cn1cc(CO)c2cccnc21. The smallest absolute Gasteiger partial charge is 0.140 e. The molecule has 104 valence electrons. The molecule has 0 spiro atoms. The number of fused-ring (bicyclic) bond motifs is 1.